The number of carbonyl (C=O) groups is 1. The van der Waals surface area contributed by atoms with E-state index in [4.69, 9.17) is 15.2 Å². The van der Waals surface area contributed by atoms with Gasteiger partial charge in [-0.1, -0.05) is 22.6 Å². The maximum Gasteiger partial charge on any atom is 0.312 e. The van der Waals surface area contributed by atoms with Crippen molar-refractivity contribution in [2.45, 2.75) is 9.97 Å². The van der Waals surface area contributed by atoms with Crippen LogP contribution in [0, 0.1) is 0 Å². The van der Waals surface area contributed by atoms with Crippen LogP contribution >= 0.6 is 22.6 Å². The Balaban J connectivity index is 2.41. The number of hydrogen-bond acceptors (Lipinski definition) is 3. The van der Waals surface area contributed by atoms with Gasteiger partial charge in [-0.2, -0.15) is 0 Å². The molecule has 1 aliphatic heterocycles. The molecular formula is C6H11IN2O3. The smallest absolute Gasteiger partial charge is 0.312 e. The van der Waals surface area contributed by atoms with Crippen molar-refractivity contribution in [1.82, 2.24) is 5.32 Å². The Morgan fingerprint density at radius 3 is 2.83 bits per heavy atom. The van der Waals surface area contributed by atoms with Gasteiger partial charge in [-0.15, -0.1) is 0 Å². The first-order valence-electron chi connectivity index (χ1n) is 3.55. The van der Waals surface area contributed by atoms with E-state index < -0.39 is 6.03 Å². The molecule has 1 rings (SSSR count). The third-order valence-electron chi connectivity index (χ3n) is 1.51. The van der Waals surface area contributed by atoms with Gasteiger partial charge in [0, 0.05) is 0 Å². The molecule has 0 aliphatic carbocycles. The molecule has 70 valence electrons. The molecule has 5 nitrogen and oxygen atoms in total. The lowest BCUT2D eigenvalue weighted by atomic mass is 10.2. The van der Waals surface area contributed by atoms with Crippen LogP contribution in [-0.4, -0.2) is 36.0 Å². The summed E-state index contributed by atoms with van der Waals surface area (Å²) in [7, 11) is 0. The highest BCUT2D eigenvalue weighted by Gasteiger charge is 2.22. The molecule has 0 spiro atoms. The molecule has 1 saturated heterocycles. The number of carbonyl (C=O) groups excluding carboxylic acids is 1. The number of halogens is 1. The lowest BCUT2D eigenvalue weighted by Gasteiger charge is -2.18. The highest BCUT2D eigenvalue weighted by Crippen LogP contribution is 2.11. The monoisotopic (exact) mass is 286 g/mol. The number of amides is 2. The van der Waals surface area contributed by atoms with Gasteiger partial charge in [0.1, 0.15) is 6.79 Å². The summed E-state index contributed by atoms with van der Waals surface area (Å²) in [6, 6.07) is -0.572. The Morgan fingerprint density at radius 2 is 2.17 bits per heavy atom. The van der Waals surface area contributed by atoms with Crippen LogP contribution in [0.4, 0.5) is 4.79 Å². The second kappa shape index (κ2) is 4.83. The highest BCUT2D eigenvalue weighted by molar-refractivity contribution is 14.1. The zero-order valence-electron chi connectivity index (χ0n) is 6.46. The van der Waals surface area contributed by atoms with E-state index in [9.17, 15) is 4.79 Å². The van der Waals surface area contributed by atoms with E-state index in [1.807, 2.05) is 0 Å². The molecule has 6 heteroatoms. The standard InChI is InChI=1S/C6H11IN2O3/c7-4-1-11-3-12-2-5(4)9-6(8)10/h4-5H,1-3H2,(H3,8,9,10). The zero-order chi connectivity index (χ0) is 8.97. The van der Waals surface area contributed by atoms with Crippen molar-refractivity contribution in [2.75, 3.05) is 20.0 Å². The summed E-state index contributed by atoms with van der Waals surface area (Å²) in [5.74, 6) is 0. The molecule has 3 N–H and O–H groups in total. The average Bonchev–Trinajstić information content (AvgIpc) is 2.16. The molecule has 0 saturated carbocycles. The van der Waals surface area contributed by atoms with Crippen LogP contribution in [0.5, 0.6) is 0 Å². The third kappa shape index (κ3) is 3.11. The number of ether oxygens (including phenoxy) is 2. The van der Waals surface area contributed by atoms with Crippen molar-refractivity contribution in [3.63, 3.8) is 0 Å². The van der Waals surface area contributed by atoms with Crippen LogP contribution in [0.25, 0.3) is 0 Å². The lowest BCUT2D eigenvalue weighted by Crippen LogP contribution is -2.46. The van der Waals surface area contributed by atoms with Gasteiger partial charge in [-0.25, -0.2) is 4.79 Å². The molecule has 2 unspecified atom stereocenters. The summed E-state index contributed by atoms with van der Waals surface area (Å²) in [6.45, 7) is 1.32. The van der Waals surface area contributed by atoms with Crippen LogP contribution in [-0.2, 0) is 9.47 Å². The van der Waals surface area contributed by atoms with Crippen molar-refractivity contribution in [3.05, 3.63) is 0 Å². The number of nitrogens with one attached hydrogen (secondary N) is 1. The van der Waals surface area contributed by atoms with Gasteiger partial charge in [0.25, 0.3) is 0 Å². The maximum absolute atomic E-state index is 10.5. The van der Waals surface area contributed by atoms with Crippen LogP contribution < -0.4 is 11.1 Å². The molecule has 0 radical (unpaired) electrons. The zero-order valence-corrected chi connectivity index (χ0v) is 8.61. The van der Waals surface area contributed by atoms with Crippen LogP contribution in [0.15, 0.2) is 0 Å². The van der Waals surface area contributed by atoms with E-state index in [2.05, 4.69) is 27.9 Å². The first-order valence-corrected chi connectivity index (χ1v) is 4.80. The number of nitrogens with two attached hydrogens (primary N) is 1. The number of hydrogen-bond donors (Lipinski definition) is 2. The number of alkyl halides is 1. The quantitative estimate of drug-likeness (QED) is 0.519. The molecule has 1 heterocycles. The fourth-order valence-corrected chi connectivity index (χ4v) is 1.57. The Hall–Kier alpha value is -0.0800. The molecule has 0 bridgehead atoms. The van der Waals surface area contributed by atoms with Gasteiger partial charge in [0.15, 0.2) is 0 Å². The van der Waals surface area contributed by atoms with Crippen LogP contribution in [0.2, 0.25) is 0 Å². The van der Waals surface area contributed by atoms with Gasteiger partial charge in [-0.05, 0) is 0 Å². The van der Waals surface area contributed by atoms with E-state index in [0.29, 0.717) is 13.2 Å². The average molecular weight is 286 g/mol. The molecule has 0 aromatic rings. The molecule has 12 heavy (non-hydrogen) atoms. The minimum Gasteiger partial charge on any atom is -0.354 e. The van der Waals surface area contributed by atoms with Crippen molar-refractivity contribution >= 4 is 28.6 Å². The minimum absolute atomic E-state index is 0.0504. The van der Waals surface area contributed by atoms with E-state index in [1.165, 1.54) is 0 Å². The van der Waals surface area contributed by atoms with Crippen LogP contribution in [0.1, 0.15) is 0 Å². The van der Waals surface area contributed by atoms with Gasteiger partial charge < -0.3 is 20.5 Å². The summed E-state index contributed by atoms with van der Waals surface area (Å²) < 4.78 is 10.4. The number of urea groups is 1. The molecule has 0 aromatic heterocycles. The first-order chi connectivity index (χ1) is 5.70. The predicted octanol–water partition coefficient (Wildman–Crippen LogP) is -0.169. The van der Waals surface area contributed by atoms with E-state index in [1.54, 1.807) is 0 Å². The van der Waals surface area contributed by atoms with Crippen molar-refractivity contribution in [2.24, 2.45) is 5.73 Å². The molecular weight excluding hydrogens is 275 g/mol. The Morgan fingerprint density at radius 1 is 1.50 bits per heavy atom. The number of rotatable bonds is 1. The summed E-state index contributed by atoms with van der Waals surface area (Å²) in [5.41, 5.74) is 4.99. The summed E-state index contributed by atoms with van der Waals surface area (Å²) in [4.78, 5) is 10.5. The Bertz CT molecular complexity index is 167. The SMILES string of the molecule is NC(=O)NC1COCOCC1I. The fourth-order valence-electron chi connectivity index (χ4n) is 0.930. The highest BCUT2D eigenvalue weighted by atomic mass is 127. The molecule has 0 aromatic carbocycles. The van der Waals surface area contributed by atoms with E-state index in [0.717, 1.165) is 0 Å². The fraction of sp³-hybridized carbons (Fsp3) is 0.833. The topological polar surface area (TPSA) is 73.6 Å². The minimum atomic E-state index is -0.521. The van der Waals surface area contributed by atoms with Crippen molar-refractivity contribution in [3.8, 4) is 0 Å². The van der Waals surface area contributed by atoms with Gasteiger partial charge in [-0.3, -0.25) is 0 Å². The van der Waals surface area contributed by atoms with Gasteiger partial charge >= 0.3 is 6.03 Å². The lowest BCUT2D eigenvalue weighted by molar-refractivity contribution is -0.0329. The van der Waals surface area contributed by atoms with Gasteiger partial charge in [0.05, 0.1) is 23.2 Å². The van der Waals surface area contributed by atoms with E-state index >= 15 is 0 Å². The molecule has 2 amide bonds. The third-order valence-corrected chi connectivity index (χ3v) is 2.73. The Labute approximate surface area is 84.1 Å². The summed E-state index contributed by atoms with van der Waals surface area (Å²) in [6.07, 6.45) is 0. The molecule has 2 atom stereocenters. The second-order valence-electron chi connectivity index (χ2n) is 2.49. The maximum atomic E-state index is 10.5. The van der Waals surface area contributed by atoms with E-state index in [-0.39, 0.29) is 16.8 Å². The number of primary amides is 1. The second-order valence-corrected chi connectivity index (χ2v) is 4.09. The molecule has 1 fully saturated rings. The summed E-state index contributed by atoms with van der Waals surface area (Å²) in [5, 5.41) is 2.60. The molecule has 1 aliphatic rings. The summed E-state index contributed by atoms with van der Waals surface area (Å²) >= 11 is 2.20. The van der Waals surface area contributed by atoms with Crippen LogP contribution in [0.3, 0.4) is 0 Å². The van der Waals surface area contributed by atoms with Crippen molar-refractivity contribution < 1.29 is 14.3 Å². The Kier molecular flexibility index (Phi) is 4.02. The van der Waals surface area contributed by atoms with Gasteiger partial charge in [0.2, 0.25) is 0 Å². The van der Waals surface area contributed by atoms with Crippen molar-refractivity contribution in [1.29, 1.82) is 0 Å². The largest absolute Gasteiger partial charge is 0.354 e. The normalized spacial score (nSPS) is 30.8. The predicted molar refractivity (Wildman–Crippen MR) is 51.1 cm³/mol. The first kappa shape index (κ1) is 10.0.